The third-order valence-corrected chi connectivity index (χ3v) is 4.46. The van der Waals surface area contributed by atoms with Crippen LogP contribution in [-0.2, 0) is 4.74 Å². The van der Waals surface area contributed by atoms with E-state index in [0.717, 1.165) is 30.8 Å². The molecule has 0 N–H and O–H groups in total. The average Bonchev–Trinajstić information content (AvgIpc) is 3.17. The summed E-state index contributed by atoms with van der Waals surface area (Å²) in [5, 5.41) is 0. The molecule has 19 heavy (non-hydrogen) atoms. The zero-order valence-electron chi connectivity index (χ0n) is 11.1. The van der Waals surface area contributed by atoms with Gasteiger partial charge in [-0.05, 0) is 31.4 Å². The summed E-state index contributed by atoms with van der Waals surface area (Å²) < 4.78 is 7.97. The second-order valence-corrected chi connectivity index (χ2v) is 5.68. The normalized spacial score (nSPS) is 24.5. The van der Waals surface area contributed by atoms with Crippen molar-refractivity contribution in [1.82, 2.24) is 14.5 Å². The molecule has 1 atom stereocenters. The molecule has 0 spiro atoms. The summed E-state index contributed by atoms with van der Waals surface area (Å²) in [7, 11) is 0. The second-order valence-electron chi connectivity index (χ2n) is 5.68. The smallest absolute Gasteiger partial charge is 0.160 e. The van der Waals surface area contributed by atoms with Crippen LogP contribution in [0.1, 0.15) is 49.9 Å². The van der Waals surface area contributed by atoms with Gasteiger partial charge in [-0.25, -0.2) is 9.97 Å². The Balaban J connectivity index is 1.87. The number of imidazole rings is 1. The standard InChI is InChI=1S/C15H19N3O/c1-2-5-12(4-1)18-14(11-7-9-19-10-11)17-13-6-3-8-16-15(13)18/h3,6,8,11-12H,1-2,4-5,7,9-10H2. The van der Waals surface area contributed by atoms with E-state index in [4.69, 9.17) is 9.72 Å². The summed E-state index contributed by atoms with van der Waals surface area (Å²) >= 11 is 0. The van der Waals surface area contributed by atoms with Crippen LogP contribution in [0.2, 0.25) is 0 Å². The fraction of sp³-hybridized carbons (Fsp3) is 0.600. The lowest BCUT2D eigenvalue weighted by Crippen LogP contribution is -2.13. The van der Waals surface area contributed by atoms with Gasteiger partial charge in [-0.3, -0.25) is 0 Å². The molecule has 0 aromatic carbocycles. The predicted molar refractivity (Wildman–Crippen MR) is 73.2 cm³/mol. The van der Waals surface area contributed by atoms with E-state index in [2.05, 4.69) is 15.6 Å². The van der Waals surface area contributed by atoms with Crippen molar-refractivity contribution in [2.75, 3.05) is 13.2 Å². The molecule has 0 amide bonds. The van der Waals surface area contributed by atoms with Gasteiger partial charge in [0.25, 0.3) is 0 Å². The highest BCUT2D eigenvalue weighted by atomic mass is 16.5. The number of hydrogen-bond acceptors (Lipinski definition) is 3. The van der Waals surface area contributed by atoms with Crippen molar-refractivity contribution >= 4 is 11.2 Å². The molecule has 2 aromatic rings. The molecule has 1 saturated carbocycles. The van der Waals surface area contributed by atoms with Crippen molar-refractivity contribution in [3.05, 3.63) is 24.2 Å². The van der Waals surface area contributed by atoms with Gasteiger partial charge < -0.3 is 9.30 Å². The molecule has 2 aliphatic rings. The van der Waals surface area contributed by atoms with Gasteiger partial charge in [-0.15, -0.1) is 0 Å². The minimum Gasteiger partial charge on any atom is -0.381 e. The van der Waals surface area contributed by atoms with Crippen LogP contribution in [-0.4, -0.2) is 27.7 Å². The molecule has 1 aliphatic heterocycles. The molecule has 4 rings (SSSR count). The van der Waals surface area contributed by atoms with Gasteiger partial charge in [0.1, 0.15) is 11.3 Å². The van der Waals surface area contributed by atoms with Gasteiger partial charge in [0.2, 0.25) is 0 Å². The highest BCUT2D eigenvalue weighted by Crippen LogP contribution is 2.36. The molecular weight excluding hydrogens is 238 g/mol. The monoisotopic (exact) mass is 257 g/mol. The van der Waals surface area contributed by atoms with Gasteiger partial charge in [0.05, 0.1) is 6.61 Å². The summed E-state index contributed by atoms with van der Waals surface area (Å²) in [6.45, 7) is 1.68. The van der Waals surface area contributed by atoms with Crippen LogP contribution >= 0.6 is 0 Å². The number of hydrogen-bond donors (Lipinski definition) is 0. The summed E-state index contributed by atoms with van der Waals surface area (Å²) in [5.74, 6) is 1.66. The van der Waals surface area contributed by atoms with E-state index in [9.17, 15) is 0 Å². The molecule has 3 heterocycles. The Morgan fingerprint density at radius 2 is 2.11 bits per heavy atom. The molecular formula is C15H19N3O. The number of nitrogens with zero attached hydrogens (tertiary/aromatic N) is 3. The Morgan fingerprint density at radius 1 is 1.21 bits per heavy atom. The van der Waals surface area contributed by atoms with Crippen LogP contribution in [0, 0.1) is 0 Å². The van der Waals surface area contributed by atoms with E-state index in [0.29, 0.717) is 12.0 Å². The second kappa shape index (κ2) is 4.60. The maximum Gasteiger partial charge on any atom is 0.160 e. The zero-order valence-corrected chi connectivity index (χ0v) is 11.1. The SMILES string of the molecule is c1cnc2c(c1)nc(C1CCOC1)n2C1CCCC1. The predicted octanol–water partition coefficient (Wildman–Crippen LogP) is 3.05. The van der Waals surface area contributed by atoms with E-state index in [-0.39, 0.29) is 0 Å². The zero-order chi connectivity index (χ0) is 12.7. The van der Waals surface area contributed by atoms with Crippen molar-refractivity contribution < 1.29 is 4.74 Å². The first-order valence-corrected chi connectivity index (χ1v) is 7.34. The minimum atomic E-state index is 0.454. The summed E-state index contributed by atoms with van der Waals surface area (Å²) in [6, 6.07) is 4.64. The largest absolute Gasteiger partial charge is 0.381 e. The number of rotatable bonds is 2. The maximum atomic E-state index is 5.55. The topological polar surface area (TPSA) is 39.9 Å². The average molecular weight is 257 g/mol. The number of fused-ring (bicyclic) bond motifs is 1. The van der Waals surface area contributed by atoms with Gasteiger partial charge in [0, 0.05) is 24.8 Å². The van der Waals surface area contributed by atoms with Crippen LogP contribution in [0.3, 0.4) is 0 Å². The molecule has 4 nitrogen and oxygen atoms in total. The third kappa shape index (κ3) is 1.86. The summed E-state index contributed by atoms with van der Waals surface area (Å²) in [4.78, 5) is 9.44. The number of aromatic nitrogens is 3. The minimum absolute atomic E-state index is 0.454. The third-order valence-electron chi connectivity index (χ3n) is 4.46. The Bertz CT molecular complexity index is 580. The van der Waals surface area contributed by atoms with Crippen LogP contribution < -0.4 is 0 Å². The van der Waals surface area contributed by atoms with Crippen LogP contribution in [0.4, 0.5) is 0 Å². The molecule has 1 unspecified atom stereocenters. The lowest BCUT2D eigenvalue weighted by molar-refractivity contribution is 0.192. The quantitative estimate of drug-likeness (QED) is 0.830. The van der Waals surface area contributed by atoms with Crippen molar-refractivity contribution in [3.63, 3.8) is 0 Å². The highest BCUT2D eigenvalue weighted by Gasteiger charge is 2.29. The first kappa shape index (κ1) is 11.4. The fourth-order valence-corrected chi connectivity index (χ4v) is 3.50. The first-order valence-electron chi connectivity index (χ1n) is 7.34. The Labute approximate surface area is 112 Å². The van der Waals surface area contributed by atoms with E-state index < -0.39 is 0 Å². The Morgan fingerprint density at radius 3 is 2.89 bits per heavy atom. The van der Waals surface area contributed by atoms with Gasteiger partial charge in [0.15, 0.2) is 5.65 Å². The summed E-state index contributed by atoms with van der Waals surface area (Å²) in [6.07, 6.45) is 8.17. The molecule has 1 saturated heterocycles. The van der Waals surface area contributed by atoms with E-state index >= 15 is 0 Å². The highest BCUT2D eigenvalue weighted by molar-refractivity contribution is 5.71. The van der Waals surface area contributed by atoms with Crippen molar-refractivity contribution in [1.29, 1.82) is 0 Å². The lowest BCUT2D eigenvalue weighted by atomic mass is 10.1. The van der Waals surface area contributed by atoms with Gasteiger partial charge >= 0.3 is 0 Å². The van der Waals surface area contributed by atoms with Crippen LogP contribution in [0.15, 0.2) is 18.3 Å². The molecule has 2 aromatic heterocycles. The molecule has 2 fully saturated rings. The van der Waals surface area contributed by atoms with Gasteiger partial charge in [-0.2, -0.15) is 0 Å². The molecule has 0 bridgehead atoms. The maximum absolute atomic E-state index is 5.55. The first-order chi connectivity index (χ1) is 9.43. The Hall–Kier alpha value is -1.42. The number of ether oxygens (including phenoxy) is 1. The van der Waals surface area contributed by atoms with Crippen molar-refractivity contribution in [2.24, 2.45) is 0 Å². The van der Waals surface area contributed by atoms with Crippen molar-refractivity contribution in [3.8, 4) is 0 Å². The van der Waals surface area contributed by atoms with Crippen LogP contribution in [0.25, 0.3) is 11.2 Å². The van der Waals surface area contributed by atoms with Crippen molar-refractivity contribution in [2.45, 2.75) is 44.1 Å². The number of pyridine rings is 1. The van der Waals surface area contributed by atoms with E-state index in [1.165, 1.54) is 31.5 Å². The van der Waals surface area contributed by atoms with Crippen LogP contribution in [0.5, 0.6) is 0 Å². The van der Waals surface area contributed by atoms with E-state index in [1.807, 2.05) is 12.3 Å². The molecule has 100 valence electrons. The van der Waals surface area contributed by atoms with E-state index in [1.54, 1.807) is 0 Å². The Kier molecular flexibility index (Phi) is 2.76. The fourth-order valence-electron chi connectivity index (χ4n) is 3.50. The molecule has 4 heteroatoms. The molecule has 1 aliphatic carbocycles. The molecule has 0 radical (unpaired) electrons. The lowest BCUT2D eigenvalue weighted by Gasteiger charge is -2.18. The van der Waals surface area contributed by atoms with Gasteiger partial charge in [-0.1, -0.05) is 12.8 Å². The summed E-state index contributed by atoms with van der Waals surface area (Å²) in [5.41, 5.74) is 2.10.